The normalized spacial score (nSPS) is 11.7. The van der Waals surface area contributed by atoms with E-state index in [9.17, 15) is 8.42 Å². The molecule has 1 aromatic heterocycles. The van der Waals surface area contributed by atoms with Gasteiger partial charge in [-0.1, -0.05) is 12.1 Å². The van der Waals surface area contributed by atoms with Crippen molar-refractivity contribution in [1.29, 1.82) is 0 Å². The van der Waals surface area contributed by atoms with Crippen LogP contribution in [0.2, 0.25) is 0 Å². The van der Waals surface area contributed by atoms with Crippen molar-refractivity contribution >= 4 is 39.8 Å². The number of halogens is 1. The van der Waals surface area contributed by atoms with Gasteiger partial charge in [0.25, 0.3) is 0 Å². The fourth-order valence-electron chi connectivity index (χ4n) is 2.46. The molecular weight excluding hydrogens is 465 g/mol. The third kappa shape index (κ3) is 6.94. The Morgan fingerprint density at radius 2 is 2.08 bits per heavy atom. The molecule has 2 aromatic rings. The van der Waals surface area contributed by atoms with Gasteiger partial charge >= 0.3 is 0 Å². The number of aromatic nitrogens is 2. The highest BCUT2D eigenvalue weighted by atomic mass is 127. The van der Waals surface area contributed by atoms with Crippen molar-refractivity contribution in [3.8, 4) is 0 Å². The monoisotopic (exact) mass is 491 g/mol. The van der Waals surface area contributed by atoms with E-state index in [1.807, 2.05) is 29.9 Å². The molecule has 1 heterocycles. The van der Waals surface area contributed by atoms with Crippen LogP contribution in [0.5, 0.6) is 0 Å². The lowest BCUT2D eigenvalue weighted by molar-refractivity contribution is 0.597. The molecule has 0 aliphatic rings. The molecule has 144 valence electrons. The van der Waals surface area contributed by atoms with Crippen molar-refractivity contribution in [1.82, 2.24) is 20.4 Å². The minimum absolute atomic E-state index is 0. The molecule has 0 unspecified atom stereocenters. The van der Waals surface area contributed by atoms with Crippen LogP contribution in [0.4, 0.5) is 0 Å². The summed E-state index contributed by atoms with van der Waals surface area (Å²) >= 11 is 0. The van der Waals surface area contributed by atoms with Crippen molar-refractivity contribution in [3.05, 3.63) is 47.8 Å². The summed E-state index contributed by atoms with van der Waals surface area (Å²) in [5.74, 6) is 0.722. The summed E-state index contributed by atoms with van der Waals surface area (Å²) in [4.78, 5) is 4.92. The first-order valence-electron chi connectivity index (χ1n) is 8.19. The summed E-state index contributed by atoms with van der Waals surface area (Å²) in [5.41, 5.74) is 1.71. The van der Waals surface area contributed by atoms with Gasteiger partial charge in [0.15, 0.2) is 15.8 Å². The van der Waals surface area contributed by atoms with Gasteiger partial charge in [0.1, 0.15) is 0 Å². The van der Waals surface area contributed by atoms with Crippen LogP contribution in [-0.4, -0.2) is 43.5 Å². The minimum atomic E-state index is -3.19. The van der Waals surface area contributed by atoms with Gasteiger partial charge in [-0.3, -0.25) is 4.68 Å². The number of nitrogens with one attached hydrogen (secondary N) is 2. The van der Waals surface area contributed by atoms with Gasteiger partial charge in [0, 0.05) is 31.7 Å². The lowest BCUT2D eigenvalue weighted by Crippen LogP contribution is -2.38. The zero-order valence-electron chi connectivity index (χ0n) is 15.3. The van der Waals surface area contributed by atoms with E-state index in [-0.39, 0.29) is 24.0 Å². The van der Waals surface area contributed by atoms with Crippen LogP contribution < -0.4 is 10.6 Å². The van der Waals surface area contributed by atoms with E-state index in [1.54, 1.807) is 25.3 Å². The highest BCUT2D eigenvalue weighted by molar-refractivity contribution is 14.0. The fourth-order valence-corrected chi connectivity index (χ4v) is 3.42. The molecule has 0 saturated carbocycles. The Labute approximate surface area is 172 Å². The fraction of sp³-hybridized carbons (Fsp3) is 0.412. The van der Waals surface area contributed by atoms with Crippen LogP contribution >= 0.6 is 24.0 Å². The maximum atomic E-state index is 11.7. The number of guanidine groups is 1. The topological polar surface area (TPSA) is 88.4 Å². The first kappa shape index (κ1) is 22.4. The molecule has 0 saturated heterocycles. The van der Waals surface area contributed by atoms with Crippen LogP contribution in [0, 0.1) is 6.92 Å². The quantitative estimate of drug-likeness (QED) is 0.351. The molecule has 1 aromatic carbocycles. The largest absolute Gasteiger partial charge is 0.357 e. The second kappa shape index (κ2) is 10.5. The summed E-state index contributed by atoms with van der Waals surface area (Å²) in [6.07, 6.45) is 4.89. The predicted octanol–water partition coefficient (Wildman–Crippen LogP) is 1.97. The standard InChI is InChI=1S/C17H25N5O2S.HI/c1-4-18-17(19-9-11-22-10-5-8-21-22)20-13-15-6-7-16(14(2)12-15)25(3,23)24;/h5-8,10,12H,4,9,11,13H2,1-3H3,(H2,18,19,20);1H. The van der Waals surface area contributed by atoms with Crippen LogP contribution in [0.3, 0.4) is 0 Å². The number of benzene rings is 1. The molecule has 9 heteroatoms. The molecule has 0 bridgehead atoms. The number of hydrogen-bond donors (Lipinski definition) is 2. The Hall–Kier alpha value is -1.62. The lowest BCUT2D eigenvalue weighted by atomic mass is 10.1. The summed E-state index contributed by atoms with van der Waals surface area (Å²) in [5, 5.41) is 10.6. The predicted molar refractivity (Wildman–Crippen MR) is 115 cm³/mol. The van der Waals surface area contributed by atoms with Crippen molar-refractivity contribution in [2.45, 2.75) is 31.8 Å². The Morgan fingerprint density at radius 1 is 1.31 bits per heavy atom. The Kier molecular flexibility index (Phi) is 9.06. The highest BCUT2D eigenvalue weighted by Crippen LogP contribution is 2.17. The van der Waals surface area contributed by atoms with Crippen molar-refractivity contribution in [2.75, 3.05) is 19.3 Å². The van der Waals surface area contributed by atoms with Crippen LogP contribution in [0.25, 0.3) is 0 Å². The smallest absolute Gasteiger partial charge is 0.191 e. The summed E-state index contributed by atoms with van der Waals surface area (Å²) < 4.78 is 25.2. The van der Waals surface area contributed by atoms with Gasteiger partial charge in [-0.05, 0) is 37.1 Å². The van der Waals surface area contributed by atoms with E-state index in [0.29, 0.717) is 18.0 Å². The van der Waals surface area contributed by atoms with Gasteiger partial charge in [-0.25, -0.2) is 13.4 Å². The zero-order valence-corrected chi connectivity index (χ0v) is 18.4. The van der Waals surface area contributed by atoms with E-state index in [4.69, 9.17) is 0 Å². The van der Waals surface area contributed by atoms with Gasteiger partial charge in [-0.2, -0.15) is 5.10 Å². The third-order valence-electron chi connectivity index (χ3n) is 3.60. The summed E-state index contributed by atoms with van der Waals surface area (Å²) in [6, 6.07) is 7.21. The number of aliphatic imine (C=N–C) groups is 1. The van der Waals surface area contributed by atoms with Crippen molar-refractivity contribution in [3.63, 3.8) is 0 Å². The molecule has 0 aliphatic heterocycles. The van der Waals surface area contributed by atoms with Crippen molar-refractivity contribution in [2.24, 2.45) is 4.99 Å². The molecular formula is C17H26IN5O2S. The van der Waals surface area contributed by atoms with Crippen LogP contribution in [-0.2, 0) is 22.9 Å². The highest BCUT2D eigenvalue weighted by Gasteiger charge is 2.10. The SMILES string of the molecule is CCNC(=NCc1ccc(S(C)(=O)=O)c(C)c1)NCCn1cccn1.I. The molecule has 0 aliphatic carbocycles. The van der Waals surface area contributed by atoms with E-state index in [1.165, 1.54) is 6.26 Å². The third-order valence-corrected chi connectivity index (χ3v) is 4.85. The maximum Gasteiger partial charge on any atom is 0.191 e. The molecule has 0 radical (unpaired) electrons. The molecule has 2 rings (SSSR count). The van der Waals surface area contributed by atoms with Gasteiger partial charge in [0.2, 0.25) is 0 Å². The molecule has 0 fully saturated rings. The number of nitrogens with zero attached hydrogens (tertiary/aromatic N) is 3. The molecule has 0 atom stereocenters. The Balaban J connectivity index is 0.00000338. The lowest BCUT2D eigenvalue weighted by Gasteiger charge is -2.12. The average molecular weight is 491 g/mol. The molecule has 7 nitrogen and oxygen atoms in total. The number of sulfone groups is 1. The van der Waals surface area contributed by atoms with Gasteiger partial charge in [0.05, 0.1) is 18.0 Å². The maximum absolute atomic E-state index is 11.7. The van der Waals surface area contributed by atoms with E-state index < -0.39 is 9.84 Å². The van der Waals surface area contributed by atoms with Crippen LogP contribution in [0.15, 0.2) is 46.5 Å². The Bertz CT molecular complexity index is 820. The first-order valence-corrected chi connectivity index (χ1v) is 10.1. The first-order chi connectivity index (χ1) is 11.9. The van der Waals surface area contributed by atoms with Crippen LogP contribution in [0.1, 0.15) is 18.1 Å². The molecule has 2 N–H and O–H groups in total. The summed E-state index contributed by atoms with van der Waals surface area (Å²) in [6.45, 7) is 6.51. The second-order valence-electron chi connectivity index (χ2n) is 5.76. The van der Waals surface area contributed by atoms with Gasteiger partial charge in [-0.15, -0.1) is 24.0 Å². The Morgan fingerprint density at radius 3 is 2.65 bits per heavy atom. The molecule has 0 amide bonds. The summed E-state index contributed by atoms with van der Waals surface area (Å²) in [7, 11) is -3.19. The number of aryl methyl sites for hydroxylation is 1. The number of rotatable bonds is 7. The number of hydrogen-bond acceptors (Lipinski definition) is 4. The van der Waals surface area contributed by atoms with Gasteiger partial charge < -0.3 is 10.6 Å². The van der Waals surface area contributed by atoms with E-state index in [0.717, 1.165) is 30.2 Å². The molecule has 26 heavy (non-hydrogen) atoms. The van der Waals surface area contributed by atoms with E-state index in [2.05, 4.69) is 20.7 Å². The second-order valence-corrected chi connectivity index (χ2v) is 7.75. The van der Waals surface area contributed by atoms with Crippen molar-refractivity contribution < 1.29 is 8.42 Å². The zero-order chi connectivity index (χ0) is 18.3. The van der Waals surface area contributed by atoms with E-state index >= 15 is 0 Å². The average Bonchev–Trinajstić information content (AvgIpc) is 3.04. The molecule has 0 spiro atoms. The minimum Gasteiger partial charge on any atom is -0.357 e.